The molecule has 0 radical (unpaired) electrons. The summed E-state index contributed by atoms with van der Waals surface area (Å²) in [6, 6.07) is 10.9. The molecule has 6 nitrogen and oxygen atoms in total. The molecule has 1 saturated heterocycles. The molecule has 0 aliphatic carbocycles. The molecule has 0 saturated carbocycles. The summed E-state index contributed by atoms with van der Waals surface area (Å²) in [7, 11) is -3.88. The monoisotopic (exact) mass is 420 g/mol. The van der Waals surface area contributed by atoms with Crippen molar-refractivity contribution in [3.63, 3.8) is 0 Å². The molecule has 2 aromatic rings. The van der Waals surface area contributed by atoms with Gasteiger partial charge in [0.25, 0.3) is 5.91 Å². The van der Waals surface area contributed by atoms with Crippen molar-refractivity contribution in [2.24, 2.45) is 0 Å². The number of quaternary nitrogens is 1. The van der Waals surface area contributed by atoms with E-state index in [0.717, 1.165) is 27.8 Å². The van der Waals surface area contributed by atoms with Gasteiger partial charge in [-0.2, -0.15) is 4.31 Å². The van der Waals surface area contributed by atoms with E-state index in [1.807, 2.05) is 39.0 Å². The van der Waals surface area contributed by atoms with Crippen LogP contribution in [0, 0.1) is 19.7 Å². The number of amides is 1. The lowest BCUT2D eigenvalue weighted by molar-refractivity contribution is -0.917. The fourth-order valence-corrected chi connectivity index (χ4v) is 5.13. The van der Waals surface area contributed by atoms with Gasteiger partial charge in [-0.25, -0.2) is 12.8 Å². The number of piperazine rings is 1. The summed E-state index contributed by atoms with van der Waals surface area (Å²) in [5.41, 5.74) is 2.92. The number of hydrogen-bond acceptors (Lipinski definition) is 3. The van der Waals surface area contributed by atoms with Gasteiger partial charge >= 0.3 is 0 Å². The Labute approximate surface area is 171 Å². The van der Waals surface area contributed by atoms with Gasteiger partial charge in [0, 0.05) is 5.69 Å². The Morgan fingerprint density at radius 1 is 1.14 bits per heavy atom. The largest absolute Gasteiger partial charge is 0.323 e. The first-order chi connectivity index (χ1) is 13.7. The van der Waals surface area contributed by atoms with E-state index in [1.165, 1.54) is 22.5 Å². The quantitative estimate of drug-likeness (QED) is 0.767. The number of rotatable bonds is 5. The Hall–Kier alpha value is -2.29. The van der Waals surface area contributed by atoms with Crippen molar-refractivity contribution in [2.45, 2.75) is 31.7 Å². The molecular weight excluding hydrogens is 393 g/mol. The van der Waals surface area contributed by atoms with Crippen molar-refractivity contribution in [2.75, 3.05) is 31.5 Å². The molecule has 0 spiro atoms. The molecule has 2 aromatic carbocycles. The first-order valence-electron chi connectivity index (χ1n) is 9.67. The highest BCUT2D eigenvalue weighted by Gasteiger charge is 2.35. The predicted octanol–water partition coefficient (Wildman–Crippen LogP) is 1.36. The molecule has 29 heavy (non-hydrogen) atoms. The van der Waals surface area contributed by atoms with Crippen molar-refractivity contribution in [3.8, 4) is 0 Å². The summed E-state index contributed by atoms with van der Waals surface area (Å²) in [5.74, 6) is -0.846. The zero-order chi connectivity index (χ0) is 21.2. The van der Waals surface area contributed by atoms with Gasteiger partial charge in [-0.1, -0.05) is 29.8 Å². The summed E-state index contributed by atoms with van der Waals surface area (Å²) in [5, 5.41) is 2.97. The highest BCUT2D eigenvalue weighted by atomic mass is 32.2. The average molecular weight is 421 g/mol. The van der Waals surface area contributed by atoms with Crippen LogP contribution in [0.3, 0.4) is 0 Å². The van der Waals surface area contributed by atoms with Crippen LogP contribution in [-0.4, -0.2) is 50.9 Å². The van der Waals surface area contributed by atoms with Gasteiger partial charge in [0.15, 0.2) is 6.04 Å². The fourth-order valence-electron chi connectivity index (χ4n) is 3.62. The van der Waals surface area contributed by atoms with Gasteiger partial charge in [-0.3, -0.25) is 4.79 Å². The molecule has 3 rings (SSSR count). The molecule has 8 heteroatoms. The SMILES string of the molecule is Cc1ccc(NC(=O)[C@@H](C)[NH+]2CCN(S(=O)(=O)c3ccccc3F)CC2)c(C)c1. The molecule has 1 aliphatic heterocycles. The molecule has 0 unspecified atom stereocenters. The topological polar surface area (TPSA) is 70.9 Å². The van der Waals surface area contributed by atoms with Gasteiger partial charge < -0.3 is 10.2 Å². The van der Waals surface area contributed by atoms with E-state index >= 15 is 0 Å². The second kappa shape index (κ2) is 8.61. The average Bonchev–Trinajstić information content (AvgIpc) is 2.69. The summed E-state index contributed by atoms with van der Waals surface area (Å²) in [4.78, 5) is 13.4. The maximum atomic E-state index is 14.0. The van der Waals surface area contributed by atoms with E-state index < -0.39 is 15.8 Å². The Bertz CT molecular complexity index is 1000. The van der Waals surface area contributed by atoms with Crippen LogP contribution in [0.25, 0.3) is 0 Å². The fraction of sp³-hybridized carbons (Fsp3) is 0.381. The second-order valence-electron chi connectivity index (χ2n) is 7.52. The number of benzene rings is 2. The minimum atomic E-state index is -3.88. The van der Waals surface area contributed by atoms with Crippen molar-refractivity contribution < 1.29 is 22.5 Å². The maximum Gasteiger partial charge on any atom is 0.282 e. The Morgan fingerprint density at radius 3 is 2.41 bits per heavy atom. The van der Waals surface area contributed by atoms with Crippen LogP contribution in [0.5, 0.6) is 0 Å². The number of sulfonamides is 1. The molecule has 1 fully saturated rings. The number of aryl methyl sites for hydroxylation is 2. The van der Waals surface area contributed by atoms with E-state index in [1.54, 1.807) is 0 Å². The van der Waals surface area contributed by atoms with E-state index in [0.29, 0.717) is 13.1 Å². The Morgan fingerprint density at radius 2 is 1.79 bits per heavy atom. The number of carbonyl (C=O) groups is 1. The van der Waals surface area contributed by atoms with Gasteiger partial charge in [0.1, 0.15) is 10.7 Å². The molecule has 0 aromatic heterocycles. The number of nitrogens with one attached hydrogen (secondary N) is 2. The Kier molecular flexibility index (Phi) is 6.36. The number of anilines is 1. The number of hydrogen-bond donors (Lipinski definition) is 2. The van der Waals surface area contributed by atoms with Crippen LogP contribution in [0.2, 0.25) is 0 Å². The van der Waals surface area contributed by atoms with E-state index in [-0.39, 0.29) is 29.9 Å². The van der Waals surface area contributed by atoms with Crippen LogP contribution < -0.4 is 10.2 Å². The Balaban J connectivity index is 1.62. The highest BCUT2D eigenvalue weighted by Crippen LogP contribution is 2.19. The molecule has 1 aliphatic rings. The van der Waals surface area contributed by atoms with Gasteiger partial charge in [0.05, 0.1) is 26.2 Å². The zero-order valence-corrected chi connectivity index (χ0v) is 17.7. The molecule has 156 valence electrons. The number of carbonyl (C=O) groups excluding carboxylic acids is 1. The van der Waals surface area contributed by atoms with Crippen LogP contribution in [0.1, 0.15) is 18.1 Å². The minimum absolute atomic E-state index is 0.0997. The lowest BCUT2D eigenvalue weighted by Crippen LogP contribution is -3.19. The summed E-state index contributed by atoms with van der Waals surface area (Å²) < 4.78 is 40.7. The maximum absolute atomic E-state index is 14.0. The van der Waals surface area contributed by atoms with Crippen molar-refractivity contribution in [3.05, 3.63) is 59.4 Å². The lowest BCUT2D eigenvalue weighted by atomic mass is 10.1. The van der Waals surface area contributed by atoms with E-state index in [9.17, 15) is 17.6 Å². The summed E-state index contributed by atoms with van der Waals surface area (Å²) in [6.45, 7) is 7.24. The predicted molar refractivity (Wildman–Crippen MR) is 110 cm³/mol. The van der Waals surface area contributed by atoms with Gasteiger partial charge in [-0.05, 0) is 44.5 Å². The first-order valence-corrected chi connectivity index (χ1v) is 11.1. The molecule has 1 atom stereocenters. The summed E-state index contributed by atoms with van der Waals surface area (Å²) >= 11 is 0. The third-order valence-electron chi connectivity index (χ3n) is 5.46. The molecular formula is C21H27FN3O3S+. The van der Waals surface area contributed by atoms with E-state index in [4.69, 9.17) is 0 Å². The third kappa shape index (κ3) is 4.66. The molecule has 0 bridgehead atoms. The first kappa shape index (κ1) is 21.4. The molecule has 1 amide bonds. The zero-order valence-electron chi connectivity index (χ0n) is 16.9. The normalized spacial score (nSPS) is 17.1. The van der Waals surface area contributed by atoms with Crippen molar-refractivity contribution >= 4 is 21.6 Å². The number of halogens is 1. The molecule has 1 heterocycles. The number of nitrogens with zero attached hydrogens (tertiary/aromatic N) is 1. The van der Waals surface area contributed by atoms with E-state index in [2.05, 4.69) is 5.32 Å². The second-order valence-corrected chi connectivity index (χ2v) is 9.43. The third-order valence-corrected chi connectivity index (χ3v) is 7.40. The van der Waals surface area contributed by atoms with Crippen LogP contribution in [-0.2, 0) is 14.8 Å². The van der Waals surface area contributed by atoms with Crippen LogP contribution in [0.4, 0.5) is 10.1 Å². The smallest absolute Gasteiger partial charge is 0.282 e. The van der Waals surface area contributed by atoms with Gasteiger partial charge in [0.2, 0.25) is 10.0 Å². The van der Waals surface area contributed by atoms with Crippen molar-refractivity contribution in [1.82, 2.24) is 4.31 Å². The summed E-state index contributed by atoms with van der Waals surface area (Å²) in [6.07, 6.45) is 0. The standard InChI is InChI=1S/C21H26FN3O3S/c1-15-8-9-19(16(2)14-15)23-21(26)17(3)24-10-12-25(13-11-24)29(27,28)20-7-5-4-6-18(20)22/h4-9,14,17H,10-13H2,1-3H3,(H,23,26)/p+1/t17-/m1/s1. The van der Waals surface area contributed by atoms with Gasteiger partial charge in [-0.15, -0.1) is 0 Å². The minimum Gasteiger partial charge on any atom is -0.323 e. The highest BCUT2D eigenvalue weighted by molar-refractivity contribution is 7.89. The molecule has 2 N–H and O–H groups in total. The van der Waals surface area contributed by atoms with Crippen LogP contribution in [0.15, 0.2) is 47.4 Å². The lowest BCUT2D eigenvalue weighted by Gasteiger charge is -2.34. The van der Waals surface area contributed by atoms with Crippen molar-refractivity contribution in [1.29, 1.82) is 0 Å². The van der Waals surface area contributed by atoms with Crippen LogP contribution >= 0.6 is 0 Å².